The van der Waals surface area contributed by atoms with Crippen molar-refractivity contribution in [3.63, 3.8) is 0 Å². The van der Waals surface area contributed by atoms with Gasteiger partial charge in [0.15, 0.2) is 5.78 Å². The molecule has 0 spiro atoms. The Balaban J connectivity index is 2.00. The van der Waals surface area contributed by atoms with Gasteiger partial charge in [-0.15, -0.1) is 0 Å². The zero-order chi connectivity index (χ0) is 16.4. The molecule has 2 aromatic carbocycles. The maximum absolute atomic E-state index is 12.7. The summed E-state index contributed by atoms with van der Waals surface area (Å²) < 4.78 is 10.6. The molecule has 6 heteroatoms. The number of nitro benzene ring substituents is 1. The van der Waals surface area contributed by atoms with E-state index in [9.17, 15) is 14.9 Å². The van der Waals surface area contributed by atoms with Crippen LogP contribution in [0, 0.1) is 17.0 Å². The molecular formula is C17H15NO5. The predicted octanol–water partition coefficient (Wildman–Crippen LogP) is 2.91. The van der Waals surface area contributed by atoms with Crippen molar-refractivity contribution < 1.29 is 19.2 Å². The molecule has 0 bridgehead atoms. The van der Waals surface area contributed by atoms with E-state index in [1.54, 1.807) is 24.3 Å². The minimum absolute atomic E-state index is 0.000457. The molecule has 0 amide bonds. The van der Waals surface area contributed by atoms with E-state index < -0.39 is 4.92 Å². The van der Waals surface area contributed by atoms with Gasteiger partial charge in [0.25, 0.3) is 0 Å². The van der Waals surface area contributed by atoms with Gasteiger partial charge in [-0.05, 0) is 19.1 Å². The Morgan fingerprint density at radius 1 is 1.35 bits per heavy atom. The molecule has 6 nitrogen and oxygen atoms in total. The van der Waals surface area contributed by atoms with Crippen LogP contribution in [0.4, 0.5) is 5.69 Å². The van der Waals surface area contributed by atoms with Crippen LogP contribution >= 0.6 is 0 Å². The molecule has 1 aliphatic heterocycles. The Morgan fingerprint density at radius 3 is 2.74 bits per heavy atom. The molecule has 23 heavy (non-hydrogen) atoms. The molecule has 0 N–H and O–H groups in total. The van der Waals surface area contributed by atoms with Gasteiger partial charge in [0, 0.05) is 11.6 Å². The van der Waals surface area contributed by atoms with Gasteiger partial charge in [-0.25, -0.2) is 0 Å². The summed E-state index contributed by atoms with van der Waals surface area (Å²) in [4.78, 5) is 23.4. The average molecular weight is 313 g/mol. The zero-order valence-corrected chi connectivity index (χ0v) is 12.5. The average Bonchev–Trinajstić information content (AvgIpc) is 3.36. The summed E-state index contributed by atoms with van der Waals surface area (Å²) in [6.45, 7) is 2.65. The van der Waals surface area contributed by atoms with Gasteiger partial charge >= 0.3 is 5.69 Å². The quantitative estimate of drug-likeness (QED) is 0.354. The second-order valence-corrected chi connectivity index (χ2v) is 5.38. The number of hydrogen-bond donors (Lipinski definition) is 0. The summed E-state index contributed by atoms with van der Waals surface area (Å²) in [6, 6.07) is 11.4. The van der Waals surface area contributed by atoms with E-state index in [1.807, 2.05) is 13.0 Å². The first kappa shape index (κ1) is 15.2. The van der Waals surface area contributed by atoms with Crippen LogP contribution in [-0.2, 0) is 4.74 Å². The second kappa shape index (κ2) is 6.18. The molecule has 0 aromatic heterocycles. The van der Waals surface area contributed by atoms with Crippen LogP contribution in [0.5, 0.6) is 5.75 Å². The standard InChI is InChI=1S/C17H15NO5/c1-11-4-2-5-12(8-11)16(19)14-6-3-7-15(18(20)21)17(14)23-10-13-9-22-13/h2-8,13H,9-10H2,1H3. The topological polar surface area (TPSA) is 82.0 Å². The van der Waals surface area contributed by atoms with E-state index in [0.29, 0.717) is 12.2 Å². The van der Waals surface area contributed by atoms with E-state index in [2.05, 4.69) is 0 Å². The number of hydrogen-bond acceptors (Lipinski definition) is 5. The van der Waals surface area contributed by atoms with E-state index in [4.69, 9.17) is 9.47 Å². The van der Waals surface area contributed by atoms with Crippen LogP contribution in [-0.4, -0.2) is 30.0 Å². The molecule has 0 saturated carbocycles. The number of aryl methyl sites for hydroxylation is 1. The molecule has 2 aromatic rings. The fourth-order valence-corrected chi connectivity index (χ4v) is 2.28. The highest BCUT2D eigenvalue weighted by Gasteiger charge is 2.28. The van der Waals surface area contributed by atoms with Crippen LogP contribution in [0.2, 0.25) is 0 Å². The summed E-state index contributed by atoms with van der Waals surface area (Å²) in [5.74, 6) is -0.302. The Bertz CT molecular complexity index is 767. The van der Waals surface area contributed by atoms with Crippen LogP contribution in [0.15, 0.2) is 42.5 Å². The highest BCUT2D eigenvalue weighted by atomic mass is 16.6. The van der Waals surface area contributed by atoms with Gasteiger partial charge in [-0.3, -0.25) is 14.9 Å². The lowest BCUT2D eigenvalue weighted by molar-refractivity contribution is -0.385. The second-order valence-electron chi connectivity index (χ2n) is 5.38. The molecule has 0 radical (unpaired) electrons. The van der Waals surface area contributed by atoms with Gasteiger partial charge in [-0.1, -0.05) is 29.8 Å². The molecule has 118 valence electrons. The zero-order valence-electron chi connectivity index (χ0n) is 12.5. The molecule has 0 aliphatic carbocycles. The van der Waals surface area contributed by atoms with E-state index >= 15 is 0 Å². The number of ether oxygens (including phenoxy) is 2. The molecule has 1 unspecified atom stereocenters. The monoisotopic (exact) mass is 313 g/mol. The Morgan fingerprint density at radius 2 is 2.09 bits per heavy atom. The van der Waals surface area contributed by atoms with Crippen LogP contribution < -0.4 is 4.74 Å². The van der Waals surface area contributed by atoms with Crippen LogP contribution in [0.1, 0.15) is 21.5 Å². The Hall–Kier alpha value is -2.73. The number of nitro groups is 1. The highest BCUT2D eigenvalue weighted by molar-refractivity contribution is 6.11. The molecule has 1 aliphatic rings. The van der Waals surface area contributed by atoms with Crippen molar-refractivity contribution in [1.29, 1.82) is 0 Å². The summed E-state index contributed by atoms with van der Waals surface area (Å²) >= 11 is 0. The number of nitrogens with zero attached hydrogens (tertiary/aromatic N) is 1. The lowest BCUT2D eigenvalue weighted by Gasteiger charge is -2.10. The van der Waals surface area contributed by atoms with Crippen molar-refractivity contribution in [2.45, 2.75) is 13.0 Å². The number of carbonyl (C=O) groups is 1. The van der Waals surface area contributed by atoms with Gasteiger partial charge in [0.05, 0.1) is 17.1 Å². The third kappa shape index (κ3) is 3.37. The molecular weight excluding hydrogens is 298 g/mol. The molecule has 1 atom stereocenters. The normalized spacial score (nSPS) is 16.0. The highest BCUT2D eigenvalue weighted by Crippen LogP contribution is 2.33. The van der Waals surface area contributed by atoms with Gasteiger partial charge < -0.3 is 9.47 Å². The number of ketones is 1. The van der Waals surface area contributed by atoms with Crippen molar-refractivity contribution in [2.24, 2.45) is 0 Å². The number of epoxide rings is 1. The van der Waals surface area contributed by atoms with E-state index in [1.165, 1.54) is 12.1 Å². The van der Waals surface area contributed by atoms with Crippen LogP contribution in [0.3, 0.4) is 0 Å². The third-order valence-electron chi connectivity index (χ3n) is 3.53. The summed E-state index contributed by atoms with van der Waals surface area (Å²) in [5, 5.41) is 11.2. The smallest absolute Gasteiger partial charge is 0.311 e. The minimum Gasteiger partial charge on any atom is -0.483 e. The number of benzene rings is 2. The lowest BCUT2D eigenvalue weighted by atomic mass is 10.0. The molecule has 1 saturated heterocycles. The largest absolute Gasteiger partial charge is 0.483 e. The van der Waals surface area contributed by atoms with Crippen molar-refractivity contribution in [3.8, 4) is 5.75 Å². The first-order valence-electron chi connectivity index (χ1n) is 7.19. The first-order chi connectivity index (χ1) is 11.1. The fraction of sp³-hybridized carbons (Fsp3) is 0.235. The van der Waals surface area contributed by atoms with Gasteiger partial charge in [0.1, 0.15) is 12.7 Å². The maximum atomic E-state index is 12.7. The van der Waals surface area contributed by atoms with Crippen molar-refractivity contribution in [2.75, 3.05) is 13.2 Å². The number of rotatable bonds is 6. The number of para-hydroxylation sites is 1. The molecule has 1 fully saturated rings. The minimum atomic E-state index is -0.546. The van der Waals surface area contributed by atoms with Crippen molar-refractivity contribution in [1.82, 2.24) is 0 Å². The molecule has 1 heterocycles. The summed E-state index contributed by atoms with van der Waals surface area (Å²) in [7, 11) is 0. The van der Waals surface area contributed by atoms with Gasteiger partial charge in [-0.2, -0.15) is 0 Å². The fourth-order valence-electron chi connectivity index (χ4n) is 2.28. The summed E-state index contributed by atoms with van der Waals surface area (Å²) in [5.41, 5.74) is 1.38. The van der Waals surface area contributed by atoms with Crippen molar-refractivity contribution >= 4 is 11.5 Å². The van der Waals surface area contributed by atoms with Crippen LogP contribution in [0.25, 0.3) is 0 Å². The van der Waals surface area contributed by atoms with E-state index in [-0.39, 0.29) is 35.5 Å². The number of carbonyl (C=O) groups excluding carboxylic acids is 1. The first-order valence-corrected chi connectivity index (χ1v) is 7.19. The lowest BCUT2D eigenvalue weighted by Crippen LogP contribution is -2.11. The third-order valence-corrected chi connectivity index (χ3v) is 3.53. The van der Waals surface area contributed by atoms with Gasteiger partial charge in [0.2, 0.25) is 5.75 Å². The van der Waals surface area contributed by atoms with E-state index in [0.717, 1.165) is 5.56 Å². The molecule has 3 rings (SSSR count). The Labute approximate surface area is 132 Å². The summed E-state index contributed by atoms with van der Waals surface area (Å²) in [6.07, 6.45) is -0.0586. The van der Waals surface area contributed by atoms with Crippen molar-refractivity contribution in [3.05, 3.63) is 69.3 Å². The SMILES string of the molecule is Cc1cccc(C(=O)c2cccc([N+](=O)[O-])c2OCC2CO2)c1. The Kier molecular flexibility index (Phi) is 4.08. The maximum Gasteiger partial charge on any atom is 0.311 e. The predicted molar refractivity (Wildman–Crippen MR) is 82.9 cm³/mol.